The fourth-order valence-electron chi connectivity index (χ4n) is 2.30. The molecule has 0 saturated heterocycles. The van der Waals surface area contributed by atoms with Crippen LogP contribution in [0.1, 0.15) is 17.8 Å². The Morgan fingerprint density at radius 3 is 2.92 bits per heavy atom. The number of nitrogens with zero attached hydrogens (tertiary/aromatic N) is 2. The maximum absolute atomic E-state index is 11.8. The summed E-state index contributed by atoms with van der Waals surface area (Å²) in [6.45, 7) is -0.359. The molecule has 2 N–H and O–H groups in total. The number of aliphatic hydroxyl groups excluding tert-OH is 1. The maximum atomic E-state index is 11.8. The van der Waals surface area contributed by atoms with Crippen molar-refractivity contribution in [3.63, 3.8) is 0 Å². The topological polar surface area (TPSA) is 99.0 Å². The van der Waals surface area contributed by atoms with Crippen LogP contribution in [-0.2, 0) is 16.0 Å². The molecule has 7 heteroatoms. The first-order chi connectivity index (χ1) is 12.2. The minimum absolute atomic E-state index is 0.0400. The van der Waals surface area contributed by atoms with Crippen molar-refractivity contribution >= 4 is 33.9 Å². The number of para-hydroxylation sites is 2. The van der Waals surface area contributed by atoms with Gasteiger partial charge in [0.25, 0.3) is 0 Å². The number of ether oxygens (including phenoxy) is 1. The van der Waals surface area contributed by atoms with Crippen molar-refractivity contribution in [2.24, 2.45) is 0 Å². The molecule has 0 aliphatic rings. The molecule has 2 heterocycles. The largest absolute Gasteiger partial charge is 0.507 e. The zero-order valence-corrected chi connectivity index (χ0v) is 14.0. The average molecular weight is 353 g/mol. The molecule has 0 amide bonds. The lowest BCUT2D eigenvalue weighted by Gasteiger charge is -2.05. The van der Waals surface area contributed by atoms with Crippen LogP contribution >= 0.6 is 11.3 Å². The van der Waals surface area contributed by atoms with Gasteiger partial charge < -0.3 is 14.8 Å². The zero-order chi connectivity index (χ0) is 17.6. The second kappa shape index (κ2) is 7.64. The number of esters is 1. The Labute approximate surface area is 148 Å². The third-order valence-corrected chi connectivity index (χ3v) is 4.33. The van der Waals surface area contributed by atoms with Crippen molar-refractivity contribution in [3.05, 3.63) is 58.2 Å². The standard InChI is InChI=1S/C18H15N3O3S/c19-9-13(18-20-14-3-1-2-4-15(14)21-18)16(22)10-24-17(23)6-5-12-7-8-25-11-12/h1-4,7-8,11,22H,5-6,10H2,(H,20,21)/b16-13-. The fraction of sp³-hybridized carbons (Fsp3) is 0.167. The van der Waals surface area contributed by atoms with Gasteiger partial charge in [0.1, 0.15) is 18.2 Å². The number of benzene rings is 1. The van der Waals surface area contributed by atoms with Crippen LogP contribution in [0, 0.1) is 11.3 Å². The van der Waals surface area contributed by atoms with E-state index in [4.69, 9.17) is 4.74 Å². The molecule has 6 nitrogen and oxygen atoms in total. The van der Waals surface area contributed by atoms with E-state index in [0.717, 1.165) is 11.1 Å². The summed E-state index contributed by atoms with van der Waals surface area (Å²) in [5.74, 6) is -0.513. The molecule has 0 aliphatic heterocycles. The molecule has 0 saturated carbocycles. The number of imidazole rings is 1. The third-order valence-electron chi connectivity index (χ3n) is 3.59. The summed E-state index contributed by atoms with van der Waals surface area (Å²) in [7, 11) is 0. The van der Waals surface area contributed by atoms with Gasteiger partial charge in [-0.05, 0) is 40.9 Å². The number of hydrogen-bond donors (Lipinski definition) is 2. The number of carbonyl (C=O) groups is 1. The second-order valence-corrected chi connectivity index (χ2v) is 6.11. The molecular formula is C18H15N3O3S. The molecule has 3 aromatic rings. The number of nitriles is 1. The van der Waals surface area contributed by atoms with Crippen LogP contribution in [0.3, 0.4) is 0 Å². The van der Waals surface area contributed by atoms with Gasteiger partial charge in [-0.1, -0.05) is 12.1 Å². The van der Waals surface area contributed by atoms with E-state index in [0.29, 0.717) is 11.9 Å². The van der Waals surface area contributed by atoms with Gasteiger partial charge in [-0.3, -0.25) is 4.79 Å². The van der Waals surface area contributed by atoms with Gasteiger partial charge in [-0.2, -0.15) is 16.6 Å². The molecule has 3 rings (SSSR count). The lowest BCUT2D eigenvalue weighted by Crippen LogP contribution is -2.09. The highest BCUT2D eigenvalue weighted by atomic mass is 32.1. The Hall–Kier alpha value is -3.11. The minimum atomic E-state index is -0.431. The van der Waals surface area contributed by atoms with Crippen molar-refractivity contribution in [2.45, 2.75) is 12.8 Å². The van der Waals surface area contributed by atoms with E-state index in [1.807, 2.05) is 41.1 Å². The lowest BCUT2D eigenvalue weighted by atomic mass is 10.2. The Morgan fingerprint density at radius 1 is 1.36 bits per heavy atom. The number of aromatic amines is 1. The maximum Gasteiger partial charge on any atom is 0.306 e. The predicted octanol–water partition coefficient (Wildman–Crippen LogP) is 3.59. The van der Waals surface area contributed by atoms with E-state index in [1.165, 1.54) is 0 Å². The van der Waals surface area contributed by atoms with E-state index >= 15 is 0 Å². The third kappa shape index (κ3) is 4.05. The van der Waals surface area contributed by atoms with Crippen LogP contribution in [0.25, 0.3) is 16.6 Å². The van der Waals surface area contributed by atoms with Crippen molar-refractivity contribution in [3.8, 4) is 6.07 Å². The highest BCUT2D eigenvalue weighted by Crippen LogP contribution is 2.19. The van der Waals surface area contributed by atoms with Gasteiger partial charge in [0.2, 0.25) is 0 Å². The van der Waals surface area contributed by atoms with E-state index in [9.17, 15) is 15.2 Å². The Kier molecular flexibility index (Phi) is 5.11. The van der Waals surface area contributed by atoms with Gasteiger partial charge in [-0.15, -0.1) is 0 Å². The van der Waals surface area contributed by atoms with Crippen molar-refractivity contribution in [1.29, 1.82) is 5.26 Å². The number of aromatic nitrogens is 2. The van der Waals surface area contributed by atoms with Crippen LogP contribution in [0.5, 0.6) is 0 Å². The number of aliphatic hydroxyl groups is 1. The molecule has 1 aromatic carbocycles. The summed E-state index contributed by atoms with van der Waals surface area (Å²) in [6.07, 6.45) is 0.804. The van der Waals surface area contributed by atoms with E-state index in [-0.39, 0.29) is 30.2 Å². The van der Waals surface area contributed by atoms with Crippen LogP contribution in [0.2, 0.25) is 0 Å². The van der Waals surface area contributed by atoms with Crippen LogP contribution < -0.4 is 0 Å². The Bertz CT molecular complexity index is 919. The van der Waals surface area contributed by atoms with Crippen molar-refractivity contribution in [2.75, 3.05) is 6.61 Å². The molecule has 0 fully saturated rings. The molecule has 0 radical (unpaired) electrons. The first-order valence-electron chi connectivity index (χ1n) is 7.61. The molecule has 0 aliphatic carbocycles. The summed E-state index contributed by atoms with van der Waals surface area (Å²) < 4.78 is 5.04. The van der Waals surface area contributed by atoms with Gasteiger partial charge in [-0.25, -0.2) is 4.98 Å². The van der Waals surface area contributed by atoms with Crippen molar-refractivity contribution in [1.82, 2.24) is 9.97 Å². The smallest absolute Gasteiger partial charge is 0.306 e. The first kappa shape index (κ1) is 16.7. The first-order valence-corrected chi connectivity index (χ1v) is 8.55. The van der Waals surface area contributed by atoms with Crippen LogP contribution in [0.4, 0.5) is 0 Å². The minimum Gasteiger partial charge on any atom is -0.507 e. The number of allylic oxidation sites excluding steroid dienone is 1. The predicted molar refractivity (Wildman–Crippen MR) is 94.9 cm³/mol. The van der Waals surface area contributed by atoms with E-state index in [2.05, 4.69) is 9.97 Å². The summed E-state index contributed by atoms with van der Waals surface area (Å²) in [5.41, 5.74) is 2.47. The van der Waals surface area contributed by atoms with Gasteiger partial charge >= 0.3 is 5.97 Å². The number of carbonyl (C=O) groups excluding carboxylic acids is 1. The summed E-state index contributed by atoms with van der Waals surface area (Å²) in [5, 5.41) is 23.3. The Balaban J connectivity index is 1.65. The molecule has 25 heavy (non-hydrogen) atoms. The number of hydrogen-bond acceptors (Lipinski definition) is 6. The highest BCUT2D eigenvalue weighted by Gasteiger charge is 2.15. The second-order valence-electron chi connectivity index (χ2n) is 5.33. The highest BCUT2D eigenvalue weighted by molar-refractivity contribution is 7.07. The van der Waals surface area contributed by atoms with Crippen LogP contribution in [0.15, 0.2) is 46.9 Å². The number of nitrogens with one attached hydrogen (secondary N) is 1. The van der Waals surface area contributed by atoms with Gasteiger partial charge in [0.15, 0.2) is 11.6 Å². The lowest BCUT2D eigenvalue weighted by molar-refractivity contribution is -0.143. The zero-order valence-electron chi connectivity index (χ0n) is 13.2. The Morgan fingerprint density at radius 2 is 2.20 bits per heavy atom. The SMILES string of the molecule is N#C/C(=C(/O)COC(=O)CCc1ccsc1)c1nc2ccccc2[nH]1. The molecule has 0 spiro atoms. The molecule has 126 valence electrons. The average Bonchev–Trinajstić information content (AvgIpc) is 3.28. The summed E-state index contributed by atoms with van der Waals surface area (Å²) in [4.78, 5) is 19.0. The molecule has 0 atom stereocenters. The fourth-order valence-corrected chi connectivity index (χ4v) is 3.00. The molecule has 0 bridgehead atoms. The number of rotatable bonds is 6. The van der Waals surface area contributed by atoms with Gasteiger partial charge in [0.05, 0.1) is 11.0 Å². The molecule has 2 aromatic heterocycles. The normalized spacial score (nSPS) is 11.8. The monoisotopic (exact) mass is 353 g/mol. The molecule has 0 unspecified atom stereocenters. The number of aryl methyl sites for hydroxylation is 1. The van der Waals surface area contributed by atoms with E-state index < -0.39 is 5.97 Å². The summed E-state index contributed by atoms with van der Waals surface area (Å²) >= 11 is 1.57. The van der Waals surface area contributed by atoms with Crippen LogP contribution in [-0.4, -0.2) is 27.7 Å². The van der Waals surface area contributed by atoms with Crippen molar-refractivity contribution < 1.29 is 14.6 Å². The van der Waals surface area contributed by atoms with Gasteiger partial charge in [0, 0.05) is 6.42 Å². The van der Waals surface area contributed by atoms with E-state index in [1.54, 1.807) is 17.4 Å². The number of H-pyrrole nitrogens is 1. The molecular weight excluding hydrogens is 338 g/mol. The number of fused-ring (bicyclic) bond motifs is 1. The quantitative estimate of drug-likeness (QED) is 0.401. The summed E-state index contributed by atoms with van der Waals surface area (Å²) in [6, 6.07) is 11.1. The number of thiophene rings is 1.